The first kappa shape index (κ1) is 32.0. The first-order valence-corrected chi connectivity index (χ1v) is 18.2. The third-order valence-electron chi connectivity index (χ3n) is 10.1. The molecule has 0 atom stereocenters. The lowest BCUT2D eigenvalue weighted by Gasteiger charge is -2.29. The van der Waals surface area contributed by atoms with Crippen molar-refractivity contribution in [1.29, 1.82) is 0 Å². The second-order valence-electron chi connectivity index (χ2n) is 13.3. The highest BCUT2D eigenvalue weighted by Gasteiger charge is 2.21. The molecule has 0 unspecified atom stereocenters. The molecule has 0 aliphatic carbocycles. The zero-order chi connectivity index (χ0) is 35.4. The van der Waals surface area contributed by atoms with Gasteiger partial charge < -0.3 is 4.90 Å². The largest absolute Gasteiger partial charge is 0.310 e. The van der Waals surface area contributed by atoms with Gasteiger partial charge in [-0.25, -0.2) is 0 Å². The molecule has 0 N–H and O–H groups in total. The maximum absolute atomic E-state index is 2.40. The Bertz CT molecular complexity index is 2540. The molecule has 0 spiro atoms. The van der Waals surface area contributed by atoms with Gasteiger partial charge in [-0.1, -0.05) is 182 Å². The molecular weight excluding hydrogens is 639 g/mol. The molecule has 9 aromatic rings. The lowest BCUT2D eigenvalue weighted by atomic mass is 9.87. The van der Waals surface area contributed by atoms with Crippen LogP contribution in [-0.4, -0.2) is 0 Å². The molecule has 0 aliphatic rings. The number of hydrogen-bond acceptors (Lipinski definition) is 1. The average molecular weight is 676 g/mol. The molecule has 0 heterocycles. The third kappa shape index (κ3) is 6.42. The van der Waals surface area contributed by atoms with E-state index < -0.39 is 0 Å². The van der Waals surface area contributed by atoms with Crippen LogP contribution >= 0.6 is 0 Å². The Balaban J connectivity index is 1.23. The minimum atomic E-state index is 1.10. The number of para-hydroxylation sites is 1. The SMILES string of the molecule is c1ccc(-c2ccc(N(c3ccc(-c4ccccc4)cc3)c3ccccc3-c3ccccc3-c3cc4ccccc4cc3-c3ccccc3)cc2)cc1. The van der Waals surface area contributed by atoms with Gasteiger partial charge in [0, 0.05) is 16.9 Å². The summed E-state index contributed by atoms with van der Waals surface area (Å²) in [5.41, 5.74) is 15.3. The highest BCUT2D eigenvalue weighted by atomic mass is 15.1. The van der Waals surface area contributed by atoms with Gasteiger partial charge in [-0.15, -0.1) is 0 Å². The Morgan fingerprint density at radius 1 is 0.226 bits per heavy atom. The number of hydrogen-bond donors (Lipinski definition) is 0. The molecule has 0 aromatic heterocycles. The van der Waals surface area contributed by atoms with Gasteiger partial charge in [0.25, 0.3) is 0 Å². The van der Waals surface area contributed by atoms with Gasteiger partial charge in [-0.05, 0) is 103 Å². The van der Waals surface area contributed by atoms with E-state index in [4.69, 9.17) is 0 Å². The zero-order valence-corrected chi connectivity index (χ0v) is 29.3. The van der Waals surface area contributed by atoms with Crippen molar-refractivity contribution in [2.24, 2.45) is 0 Å². The Hall–Kier alpha value is -6.96. The average Bonchev–Trinajstić information content (AvgIpc) is 3.25. The van der Waals surface area contributed by atoms with Gasteiger partial charge in [0.05, 0.1) is 5.69 Å². The molecule has 0 bridgehead atoms. The van der Waals surface area contributed by atoms with Crippen LogP contribution in [0.15, 0.2) is 224 Å². The van der Waals surface area contributed by atoms with Gasteiger partial charge in [-0.3, -0.25) is 0 Å². The summed E-state index contributed by atoms with van der Waals surface area (Å²) in [6.45, 7) is 0. The Kier molecular flexibility index (Phi) is 8.66. The van der Waals surface area contributed by atoms with Crippen molar-refractivity contribution in [1.82, 2.24) is 0 Å². The van der Waals surface area contributed by atoms with Crippen LogP contribution in [0.1, 0.15) is 0 Å². The third-order valence-corrected chi connectivity index (χ3v) is 10.1. The summed E-state index contributed by atoms with van der Waals surface area (Å²) in [6.07, 6.45) is 0. The topological polar surface area (TPSA) is 3.24 Å². The first-order valence-electron chi connectivity index (χ1n) is 18.2. The van der Waals surface area contributed by atoms with Crippen molar-refractivity contribution in [2.75, 3.05) is 4.90 Å². The summed E-state index contributed by atoms with van der Waals surface area (Å²) < 4.78 is 0. The zero-order valence-electron chi connectivity index (χ0n) is 29.3. The predicted octanol–water partition coefficient (Wildman–Crippen LogP) is 14.6. The minimum Gasteiger partial charge on any atom is -0.310 e. The fraction of sp³-hybridized carbons (Fsp3) is 0. The maximum Gasteiger partial charge on any atom is 0.0540 e. The maximum atomic E-state index is 2.40. The van der Waals surface area contributed by atoms with Gasteiger partial charge in [0.1, 0.15) is 0 Å². The van der Waals surface area contributed by atoms with Crippen molar-refractivity contribution >= 4 is 27.8 Å². The minimum absolute atomic E-state index is 1.10. The fourth-order valence-electron chi connectivity index (χ4n) is 7.46. The van der Waals surface area contributed by atoms with Gasteiger partial charge in [0.2, 0.25) is 0 Å². The van der Waals surface area contributed by atoms with E-state index >= 15 is 0 Å². The van der Waals surface area contributed by atoms with Crippen molar-refractivity contribution < 1.29 is 0 Å². The number of fused-ring (bicyclic) bond motifs is 1. The van der Waals surface area contributed by atoms with E-state index in [9.17, 15) is 0 Å². The van der Waals surface area contributed by atoms with E-state index in [1.165, 1.54) is 60.8 Å². The second kappa shape index (κ2) is 14.3. The van der Waals surface area contributed by atoms with E-state index in [0.717, 1.165) is 22.6 Å². The van der Waals surface area contributed by atoms with E-state index in [-0.39, 0.29) is 0 Å². The quantitative estimate of drug-likeness (QED) is 0.155. The molecule has 0 fully saturated rings. The van der Waals surface area contributed by atoms with Crippen LogP contribution in [0.5, 0.6) is 0 Å². The summed E-state index contributed by atoms with van der Waals surface area (Å²) in [7, 11) is 0. The summed E-state index contributed by atoms with van der Waals surface area (Å²) in [4.78, 5) is 2.40. The van der Waals surface area contributed by atoms with Crippen molar-refractivity contribution in [3.63, 3.8) is 0 Å². The summed E-state index contributed by atoms with van der Waals surface area (Å²) in [6, 6.07) is 80.9. The molecular formula is C52H37N. The summed E-state index contributed by atoms with van der Waals surface area (Å²) in [5, 5.41) is 2.46. The van der Waals surface area contributed by atoms with Crippen molar-refractivity contribution in [3.8, 4) is 55.6 Å². The van der Waals surface area contributed by atoms with E-state index in [2.05, 4.69) is 229 Å². The van der Waals surface area contributed by atoms with Crippen molar-refractivity contribution in [3.05, 3.63) is 224 Å². The molecule has 53 heavy (non-hydrogen) atoms. The molecule has 1 nitrogen and oxygen atoms in total. The van der Waals surface area contributed by atoms with Crippen LogP contribution in [0.4, 0.5) is 17.1 Å². The van der Waals surface area contributed by atoms with Gasteiger partial charge in [0.15, 0.2) is 0 Å². The Morgan fingerprint density at radius 2 is 0.585 bits per heavy atom. The van der Waals surface area contributed by atoms with Crippen LogP contribution < -0.4 is 4.90 Å². The normalized spacial score (nSPS) is 11.0. The Morgan fingerprint density at radius 3 is 1.09 bits per heavy atom. The smallest absolute Gasteiger partial charge is 0.0540 e. The summed E-state index contributed by atoms with van der Waals surface area (Å²) in [5.74, 6) is 0. The molecule has 0 saturated carbocycles. The number of benzene rings is 9. The fourth-order valence-corrected chi connectivity index (χ4v) is 7.46. The van der Waals surface area contributed by atoms with E-state index in [0.29, 0.717) is 0 Å². The number of anilines is 3. The highest BCUT2D eigenvalue weighted by Crippen LogP contribution is 2.46. The standard InChI is InChI=1S/C52H37N/c1-4-16-38(17-5-1)40-28-32-45(33-29-40)53(46-34-30-41(31-35-46)39-18-6-2-7-19-39)52-27-15-14-26-49(52)47-24-12-13-25-48(47)51-37-44-23-11-10-22-43(44)36-50(51)42-20-8-3-9-21-42/h1-37H. The molecule has 0 radical (unpaired) electrons. The van der Waals surface area contributed by atoms with Crippen LogP contribution in [-0.2, 0) is 0 Å². The molecule has 0 saturated heterocycles. The first-order chi connectivity index (χ1) is 26.3. The molecule has 250 valence electrons. The lowest BCUT2D eigenvalue weighted by molar-refractivity contribution is 1.28. The monoisotopic (exact) mass is 675 g/mol. The predicted molar refractivity (Wildman–Crippen MR) is 226 cm³/mol. The number of rotatable bonds is 8. The second-order valence-corrected chi connectivity index (χ2v) is 13.3. The highest BCUT2D eigenvalue weighted by molar-refractivity contribution is 6.01. The van der Waals surface area contributed by atoms with E-state index in [1.807, 2.05) is 0 Å². The van der Waals surface area contributed by atoms with Crippen LogP contribution in [0, 0.1) is 0 Å². The van der Waals surface area contributed by atoms with E-state index in [1.54, 1.807) is 0 Å². The molecule has 9 rings (SSSR count). The number of nitrogens with zero attached hydrogens (tertiary/aromatic N) is 1. The van der Waals surface area contributed by atoms with Gasteiger partial charge in [-0.2, -0.15) is 0 Å². The lowest BCUT2D eigenvalue weighted by Crippen LogP contribution is -2.11. The molecule has 0 amide bonds. The van der Waals surface area contributed by atoms with Crippen LogP contribution in [0.3, 0.4) is 0 Å². The molecule has 9 aromatic carbocycles. The molecule has 0 aliphatic heterocycles. The summed E-state index contributed by atoms with van der Waals surface area (Å²) >= 11 is 0. The van der Waals surface area contributed by atoms with Crippen LogP contribution in [0.25, 0.3) is 66.4 Å². The molecule has 1 heteroatoms. The van der Waals surface area contributed by atoms with Crippen molar-refractivity contribution in [2.45, 2.75) is 0 Å². The Labute approximate surface area is 311 Å². The van der Waals surface area contributed by atoms with Crippen LogP contribution in [0.2, 0.25) is 0 Å². The van der Waals surface area contributed by atoms with Gasteiger partial charge >= 0.3 is 0 Å².